The Bertz CT molecular complexity index is 167. The lowest BCUT2D eigenvalue weighted by Crippen LogP contribution is -1.98. The minimum Gasteiger partial charge on any atom is -0.507 e. The van der Waals surface area contributed by atoms with E-state index in [1.54, 1.807) is 0 Å². The first-order chi connectivity index (χ1) is 4.09. The largest absolute Gasteiger partial charge is 0.507 e. The quantitative estimate of drug-likeness (QED) is 0.332. The van der Waals surface area contributed by atoms with Gasteiger partial charge in [-0.3, -0.25) is 0 Å². The van der Waals surface area contributed by atoms with Crippen molar-refractivity contribution in [3.63, 3.8) is 0 Å². The molecule has 0 heterocycles. The van der Waals surface area contributed by atoms with Gasteiger partial charge in [0.25, 0.3) is 0 Å². The molecule has 0 aliphatic rings. The Kier molecular flexibility index (Phi) is 2.51. The molecule has 0 aliphatic carbocycles. The van der Waals surface area contributed by atoms with Gasteiger partial charge in [-0.2, -0.15) is 0 Å². The van der Waals surface area contributed by atoms with Gasteiger partial charge in [-0.25, -0.2) is 4.79 Å². The molecule has 0 fully saturated rings. The number of hydrogen-bond acceptors (Lipinski definition) is 2. The highest BCUT2D eigenvalue weighted by Crippen LogP contribution is 1.99. The molecule has 0 radical (unpaired) electrons. The standard InChI is InChI=1S/C6H8O3/c1-3-5(7)4(2)6(8)9/h3,7H,1H2,2H3,(H,8,9)/b5-4+. The fraction of sp³-hybridized carbons (Fsp3) is 0.167. The van der Waals surface area contributed by atoms with Gasteiger partial charge in [0, 0.05) is 0 Å². The van der Waals surface area contributed by atoms with E-state index < -0.39 is 5.97 Å². The van der Waals surface area contributed by atoms with E-state index in [9.17, 15) is 4.79 Å². The summed E-state index contributed by atoms with van der Waals surface area (Å²) in [5, 5.41) is 16.9. The summed E-state index contributed by atoms with van der Waals surface area (Å²) < 4.78 is 0. The monoisotopic (exact) mass is 128 g/mol. The molecule has 0 aromatic rings. The SMILES string of the molecule is C=C/C(O)=C(/C)C(=O)O. The summed E-state index contributed by atoms with van der Waals surface area (Å²) in [7, 11) is 0. The van der Waals surface area contributed by atoms with Crippen molar-refractivity contribution in [3.8, 4) is 0 Å². The molecule has 0 saturated heterocycles. The molecule has 0 aromatic heterocycles. The van der Waals surface area contributed by atoms with E-state index in [0.29, 0.717) is 0 Å². The van der Waals surface area contributed by atoms with Crippen molar-refractivity contribution in [2.75, 3.05) is 0 Å². The number of rotatable bonds is 2. The van der Waals surface area contributed by atoms with Gasteiger partial charge in [-0.15, -0.1) is 0 Å². The number of carboxylic acids is 1. The highest BCUT2D eigenvalue weighted by atomic mass is 16.4. The predicted octanol–water partition coefficient (Wildman–Crippen LogP) is 1.09. The third-order valence-electron chi connectivity index (χ3n) is 0.898. The zero-order chi connectivity index (χ0) is 7.44. The first-order valence-electron chi connectivity index (χ1n) is 2.35. The molecule has 3 heteroatoms. The van der Waals surface area contributed by atoms with Crippen molar-refractivity contribution in [2.24, 2.45) is 0 Å². The second-order valence-electron chi connectivity index (χ2n) is 1.52. The lowest BCUT2D eigenvalue weighted by molar-refractivity contribution is -0.132. The van der Waals surface area contributed by atoms with E-state index in [0.717, 1.165) is 6.08 Å². The summed E-state index contributed by atoms with van der Waals surface area (Å²) in [6.45, 7) is 4.50. The van der Waals surface area contributed by atoms with Crippen LogP contribution in [0.25, 0.3) is 0 Å². The van der Waals surface area contributed by atoms with Crippen molar-refractivity contribution in [1.29, 1.82) is 0 Å². The number of allylic oxidation sites excluding steroid dienone is 1. The Morgan fingerprint density at radius 2 is 2.00 bits per heavy atom. The number of carbonyl (C=O) groups is 1. The highest BCUT2D eigenvalue weighted by molar-refractivity contribution is 5.86. The Hall–Kier alpha value is -1.25. The lowest BCUT2D eigenvalue weighted by Gasteiger charge is -1.92. The molecule has 50 valence electrons. The van der Waals surface area contributed by atoms with Crippen LogP contribution >= 0.6 is 0 Å². The normalized spacial score (nSPS) is 12.1. The van der Waals surface area contributed by atoms with Crippen LogP contribution in [0, 0.1) is 0 Å². The van der Waals surface area contributed by atoms with Crippen LogP contribution in [0.5, 0.6) is 0 Å². The van der Waals surface area contributed by atoms with Gasteiger partial charge >= 0.3 is 5.97 Å². The zero-order valence-electron chi connectivity index (χ0n) is 5.09. The summed E-state index contributed by atoms with van der Waals surface area (Å²) in [6, 6.07) is 0. The molecule has 3 nitrogen and oxygen atoms in total. The molecular formula is C6H8O3. The van der Waals surface area contributed by atoms with Crippen molar-refractivity contribution >= 4 is 5.97 Å². The Labute approximate surface area is 52.9 Å². The minimum atomic E-state index is -1.13. The van der Waals surface area contributed by atoms with E-state index in [2.05, 4.69) is 6.58 Å². The molecule has 9 heavy (non-hydrogen) atoms. The second kappa shape index (κ2) is 2.91. The molecule has 2 N–H and O–H groups in total. The third kappa shape index (κ3) is 1.99. The molecule has 0 aromatic carbocycles. The fourth-order valence-corrected chi connectivity index (χ4v) is 0.263. The average molecular weight is 128 g/mol. The highest BCUT2D eigenvalue weighted by Gasteiger charge is 2.03. The first kappa shape index (κ1) is 7.75. The third-order valence-corrected chi connectivity index (χ3v) is 0.898. The van der Waals surface area contributed by atoms with Crippen molar-refractivity contribution in [3.05, 3.63) is 24.0 Å². The summed E-state index contributed by atoms with van der Waals surface area (Å²) in [4.78, 5) is 10.0. The number of aliphatic hydroxyl groups is 1. The summed E-state index contributed by atoms with van der Waals surface area (Å²) in [5.41, 5.74) is -0.0926. The van der Waals surface area contributed by atoms with E-state index in [-0.39, 0.29) is 11.3 Å². The van der Waals surface area contributed by atoms with Gasteiger partial charge in [-0.05, 0) is 13.0 Å². The van der Waals surface area contributed by atoms with Crippen LogP contribution in [-0.2, 0) is 4.79 Å². The minimum absolute atomic E-state index is 0.0926. The molecule has 0 aliphatic heterocycles. The van der Waals surface area contributed by atoms with Crippen LogP contribution < -0.4 is 0 Å². The molecular weight excluding hydrogens is 120 g/mol. The summed E-state index contributed by atoms with van der Waals surface area (Å²) in [6.07, 6.45) is 1.09. The maximum absolute atomic E-state index is 10.0. The van der Waals surface area contributed by atoms with Crippen LogP contribution in [0.3, 0.4) is 0 Å². The van der Waals surface area contributed by atoms with Crippen LogP contribution in [0.4, 0.5) is 0 Å². The van der Waals surface area contributed by atoms with Gasteiger partial charge in [0.15, 0.2) is 0 Å². The van der Waals surface area contributed by atoms with Crippen LogP contribution in [-0.4, -0.2) is 16.2 Å². The van der Waals surface area contributed by atoms with Gasteiger partial charge in [0.05, 0.1) is 5.57 Å². The molecule has 0 rings (SSSR count). The average Bonchev–Trinajstić information content (AvgIpc) is 1.84. The first-order valence-corrected chi connectivity index (χ1v) is 2.35. The molecule has 0 spiro atoms. The summed E-state index contributed by atoms with van der Waals surface area (Å²) >= 11 is 0. The van der Waals surface area contributed by atoms with Crippen molar-refractivity contribution in [1.82, 2.24) is 0 Å². The number of carboxylic acid groups (broad SMARTS) is 1. The van der Waals surface area contributed by atoms with Crippen LogP contribution in [0.2, 0.25) is 0 Å². The van der Waals surface area contributed by atoms with E-state index in [1.807, 2.05) is 0 Å². The van der Waals surface area contributed by atoms with Gasteiger partial charge in [-0.1, -0.05) is 6.58 Å². The lowest BCUT2D eigenvalue weighted by atomic mass is 10.2. The zero-order valence-corrected chi connectivity index (χ0v) is 5.09. The van der Waals surface area contributed by atoms with E-state index in [4.69, 9.17) is 10.2 Å². The second-order valence-corrected chi connectivity index (χ2v) is 1.52. The molecule has 0 saturated carbocycles. The van der Waals surface area contributed by atoms with E-state index in [1.165, 1.54) is 6.92 Å². The predicted molar refractivity (Wildman–Crippen MR) is 33.2 cm³/mol. The van der Waals surface area contributed by atoms with Gasteiger partial charge in [0.1, 0.15) is 5.76 Å². The number of hydrogen-bond donors (Lipinski definition) is 2. The molecule has 0 atom stereocenters. The maximum Gasteiger partial charge on any atom is 0.335 e. The summed E-state index contributed by atoms with van der Waals surface area (Å²) in [5.74, 6) is -1.42. The Balaban J connectivity index is 4.47. The van der Waals surface area contributed by atoms with Gasteiger partial charge < -0.3 is 10.2 Å². The van der Waals surface area contributed by atoms with E-state index >= 15 is 0 Å². The number of aliphatic hydroxyl groups excluding tert-OH is 1. The molecule has 0 unspecified atom stereocenters. The smallest absolute Gasteiger partial charge is 0.335 e. The number of aliphatic carboxylic acids is 1. The van der Waals surface area contributed by atoms with Crippen LogP contribution in [0.15, 0.2) is 24.0 Å². The van der Waals surface area contributed by atoms with Crippen LogP contribution in [0.1, 0.15) is 6.92 Å². The fourth-order valence-electron chi connectivity index (χ4n) is 0.263. The molecule has 0 amide bonds. The maximum atomic E-state index is 10.0. The topological polar surface area (TPSA) is 57.5 Å². The van der Waals surface area contributed by atoms with Crippen molar-refractivity contribution in [2.45, 2.75) is 6.92 Å². The Morgan fingerprint density at radius 3 is 2.11 bits per heavy atom. The van der Waals surface area contributed by atoms with Gasteiger partial charge in [0.2, 0.25) is 0 Å². The van der Waals surface area contributed by atoms with Crippen molar-refractivity contribution < 1.29 is 15.0 Å². The Morgan fingerprint density at radius 1 is 1.56 bits per heavy atom. The molecule has 0 bridgehead atoms.